The molecule has 0 N–H and O–H groups in total. The largest absolute Gasteiger partial charge is 0.486 e. The first kappa shape index (κ1) is 21.0. The molecule has 0 bridgehead atoms. The molecule has 0 aliphatic heterocycles. The number of hydrogen-bond acceptors (Lipinski definition) is 5. The first-order valence-corrected chi connectivity index (χ1v) is 9.37. The normalized spacial score (nSPS) is 11.7. The number of rotatable bonds is 4. The minimum Gasteiger partial charge on any atom is -0.486 e. The summed E-state index contributed by atoms with van der Waals surface area (Å²) < 4.78 is 64.3. The van der Waals surface area contributed by atoms with E-state index in [-0.39, 0.29) is 22.8 Å². The van der Waals surface area contributed by atoms with Gasteiger partial charge in [0.05, 0.1) is 4.70 Å². The number of aromatic nitrogens is 1. The Labute approximate surface area is 168 Å². The quantitative estimate of drug-likeness (QED) is 0.385. The second-order valence-electron chi connectivity index (χ2n) is 6.52. The fourth-order valence-corrected chi connectivity index (χ4v) is 4.00. The zero-order chi connectivity index (χ0) is 21.5. The lowest BCUT2D eigenvalue weighted by Gasteiger charge is -2.13. The molecule has 0 unspecified atom stereocenters. The summed E-state index contributed by atoms with van der Waals surface area (Å²) in [6, 6.07) is 3.61. The first-order valence-electron chi connectivity index (χ1n) is 8.56. The SMILES string of the molecule is CC(=O)Oc1c(C)sc2c(F)c(OCc3ccc(C(F)(F)F)nc3C)cc(C)c12. The molecule has 3 rings (SSSR count). The number of thiophene rings is 1. The van der Waals surface area contributed by atoms with Crippen LogP contribution in [0.5, 0.6) is 11.5 Å². The molecular weight excluding hydrogens is 410 g/mol. The number of ether oxygens (including phenoxy) is 2. The van der Waals surface area contributed by atoms with E-state index in [2.05, 4.69) is 4.98 Å². The molecule has 0 saturated heterocycles. The Morgan fingerprint density at radius 1 is 1.21 bits per heavy atom. The minimum atomic E-state index is -4.53. The fourth-order valence-electron chi connectivity index (χ4n) is 2.91. The van der Waals surface area contributed by atoms with Crippen molar-refractivity contribution < 1.29 is 31.8 Å². The molecule has 0 atom stereocenters. The highest BCUT2D eigenvalue weighted by molar-refractivity contribution is 7.19. The van der Waals surface area contributed by atoms with E-state index in [0.29, 0.717) is 27.1 Å². The Balaban J connectivity index is 1.92. The lowest BCUT2D eigenvalue weighted by Crippen LogP contribution is -2.10. The lowest BCUT2D eigenvalue weighted by atomic mass is 10.1. The van der Waals surface area contributed by atoms with Crippen molar-refractivity contribution in [3.05, 3.63) is 51.4 Å². The van der Waals surface area contributed by atoms with Crippen LogP contribution in [0.1, 0.15) is 34.3 Å². The Morgan fingerprint density at radius 3 is 2.48 bits per heavy atom. The number of nitrogens with zero attached hydrogens (tertiary/aromatic N) is 1. The van der Waals surface area contributed by atoms with E-state index in [4.69, 9.17) is 9.47 Å². The predicted octanol–water partition coefficient (Wildman–Crippen LogP) is 5.88. The summed E-state index contributed by atoms with van der Waals surface area (Å²) in [4.78, 5) is 15.5. The van der Waals surface area contributed by atoms with Crippen LogP contribution in [0, 0.1) is 26.6 Å². The molecular formula is C20H17F4NO3S. The average molecular weight is 427 g/mol. The molecule has 29 heavy (non-hydrogen) atoms. The molecule has 2 heterocycles. The highest BCUT2D eigenvalue weighted by atomic mass is 32.1. The fraction of sp³-hybridized carbons (Fsp3) is 0.300. The number of alkyl halides is 3. The van der Waals surface area contributed by atoms with Crippen molar-refractivity contribution in [2.45, 2.75) is 40.5 Å². The summed E-state index contributed by atoms with van der Waals surface area (Å²) >= 11 is 1.14. The molecule has 0 spiro atoms. The Bertz CT molecular complexity index is 1110. The van der Waals surface area contributed by atoms with Crippen molar-refractivity contribution in [1.82, 2.24) is 4.98 Å². The van der Waals surface area contributed by atoms with Gasteiger partial charge in [0.2, 0.25) is 0 Å². The number of esters is 1. The number of carbonyl (C=O) groups is 1. The van der Waals surface area contributed by atoms with E-state index in [1.54, 1.807) is 13.8 Å². The third-order valence-corrected chi connectivity index (χ3v) is 5.38. The van der Waals surface area contributed by atoms with Gasteiger partial charge in [-0.1, -0.05) is 6.07 Å². The van der Waals surface area contributed by atoms with Gasteiger partial charge in [0, 0.05) is 28.4 Å². The second kappa shape index (κ2) is 7.62. The number of hydrogen-bond donors (Lipinski definition) is 0. The molecule has 1 aromatic carbocycles. The van der Waals surface area contributed by atoms with Gasteiger partial charge in [0.25, 0.3) is 0 Å². The van der Waals surface area contributed by atoms with Gasteiger partial charge in [0.1, 0.15) is 12.3 Å². The first-order chi connectivity index (χ1) is 13.5. The highest BCUT2D eigenvalue weighted by Crippen LogP contribution is 2.43. The molecule has 9 heteroatoms. The maximum atomic E-state index is 15.0. The van der Waals surface area contributed by atoms with Crippen LogP contribution in [0.2, 0.25) is 0 Å². The summed E-state index contributed by atoms with van der Waals surface area (Å²) in [6.07, 6.45) is -4.53. The third-order valence-electron chi connectivity index (χ3n) is 4.30. The molecule has 0 amide bonds. The van der Waals surface area contributed by atoms with Crippen molar-refractivity contribution >= 4 is 27.4 Å². The van der Waals surface area contributed by atoms with Crippen molar-refractivity contribution in [3.8, 4) is 11.5 Å². The summed E-state index contributed by atoms with van der Waals surface area (Å²) in [5.41, 5.74) is 0.230. The van der Waals surface area contributed by atoms with Gasteiger partial charge >= 0.3 is 12.1 Å². The predicted molar refractivity (Wildman–Crippen MR) is 101 cm³/mol. The van der Waals surface area contributed by atoms with E-state index in [1.165, 1.54) is 26.0 Å². The number of fused-ring (bicyclic) bond motifs is 1. The van der Waals surface area contributed by atoms with Gasteiger partial charge in [-0.2, -0.15) is 13.2 Å². The van der Waals surface area contributed by atoms with Crippen molar-refractivity contribution in [2.24, 2.45) is 0 Å². The van der Waals surface area contributed by atoms with Crippen LogP contribution in [0.3, 0.4) is 0 Å². The molecule has 0 aliphatic carbocycles. The second-order valence-corrected chi connectivity index (χ2v) is 7.74. The molecule has 0 saturated carbocycles. The van der Waals surface area contributed by atoms with Crippen LogP contribution in [0.25, 0.3) is 10.1 Å². The summed E-state index contributed by atoms with van der Waals surface area (Å²) in [7, 11) is 0. The number of carbonyl (C=O) groups excluding carboxylic acids is 1. The molecule has 3 aromatic rings. The van der Waals surface area contributed by atoms with Crippen LogP contribution >= 0.6 is 11.3 Å². The molecule has 0 fully saturated rings. The summed E-state index contributed by atoms with van der Waals surface area (Å²) in [6.45, 7) is 6.03. The van der Waals surface area contributed by atoms with Crippen molar-refractivity contribution in [2.75, 3.05) is 0 Å². The zero-order valence-corrected chi connectivity index (χ0v) is 16.8. The van der Waals surface area contributed by atoms with Gasteiger partial charge in [-0.3, -0.25) is 4.79 Å². The van der Waals surface area contributed by atoms with E-state index < -0.39 is 23.7 Å². The monoisotopic (exact) mass is 427 g/mol. The molecule has 0 aliphatic rings. The Hall–Kier alpha value is -2.68. The van der Waals surface area contributed by atoms with E-state index in [0.717, 1.165) is 17.4 Å². The van der Waals surface area contributed by atoms with Crippen LogP contribution in [0.4, 0.5) is 17.6 Å². The molecule has 0 radical (unpaired) electrons. The van der Waals surface area contributed by atoms with Crippen LogP contribution in [-0.2, 0) is 17.6 Å². The zero-order valence-electron chi connectivity index (χ0n) is 16.0. The van der Waals surface area contributed by atoms with Gasteiger partial charge in [0.15, 0.2) is 17.3 Å². The van der Waals surface area contributed by atoms with Crippen LogP contribution < -0.4 is 9.47 Å². The maximum Gasteiger partial charge on any atom is 0.433 e. The summed E-state index contributed by atoms with van der Waals surface area (Å²) in [5.74, 6) is -0.832. The minimum absolute atomic E-state index is 0.0371. The van der Waals surface area contributed by atoms with E-state index in [1.807, 2.05) is 0 Å². The smallest absolute Gasteiger partial charge is 0.433 e. The van der Waals surface area contributed by atoms with Gasteiger partial charge in [-0.05, 0) is 38.5 Å². The van der Waals surface area contributed by atoms with Crippen molar-refractivity contribution in [3.63, 3.8) is 0 Å². The highest BCUT2D eigenvalue weighted by Gasteiger charge is 2.32. The van der Waals surface area contributed by atoms with E-state index >= 15 is 0 Å². The molecule has 2 aromatic heterocycles. The van der Waals surface area contributed by atoms with Gasteiger partial charge < -0.3 is 9.47 Å². The molecule has 4 nitrogen and oxygen atoms in total. The van der Waals surface area contributed by atoms with Crippen LogP contribution in [0.15, 0.2) is 18.2 Å². The summed E-state index contributed by atoms with van der Waals surface area (Å²) in [5, 5.41) is 0.500. The Morgan fingerprint density at radius 2 is 1.90 bits per heavy atom. The number of aryl methyl sites for hydroxylation is 3. The van der Waals surface area contributed by atoms with E-state index in [9.17, 15) is 22.4 Å². The third kappa shape index (κ3) is 4.19. The number of halogens is 4. The van der Waals surface area contributed by atoms with Crippen molar-refractivity contribution in [1.29, 1.82) is 0 Å². The number of pyridine rings is 1. The van der Waals surface area contributed by atoms with Gasteiger partial charge in [-0.15, -0.1) is 11.3 Å². The lowest BCUT2D eigenvalue weighted by molar-refractivity contribution is -0.141. The standard InChI is InChI=1S/C20H17F4NO3S/c1-9-7-14(17(21)19-16(9)18(11(3)29-19)28-12(4)26)27-8-13-5-6-15(20(22,23)24)25-10(13)2/h5-7H,8H2,1-4H3. The van der Waals surface area contributed by atoms with Gasteiger partial charge in [-0.25, -0.2) is 9.37 Å². The maximum absolute atomic E-state index is 15.0. The van der Waals surface area contributed by atoms with Crippen LogP contribution in [-0.4, -0.2) is 11.0 Å². The molecule has 154 valence electrons. The topological polar surface area (TPSA) is 48.4 Å². The average Bonchev–Trinajstić information content (AvgIpc) is 2.93. The number of benzene rings is 1. The Kier molecular flexibility index (Phi) is 5.53.